The monoisotopic (exact) mass is 203 g/mol. The van der Waals surface area contributed by atoms with Crippen molar-refractivity contribution in [3.63, 3.8) is 0 Å². The lowest BCUT2D eigenvalue weighted by molar-refractivity contribution is -0.140. The second kappa shape index (κ2) is 4.72. The lowest BCUT2D eigenvalue weighted by Crippen LogP contribution is -2.36. The van der Waals surface area contributed by atoms with Crippen molar-refractivity contribution in [3.8, 4) is 0 Å². The van der Waals surface area contributed by atoms with Crippen LogP contribution in [-0.2, 0) is 19.0 Å². The number of amides is 1. The Morgan fingerprint density at radius 2 is 2.36 bits per heavy atom. The molecule has 1 unspecified atom stereocenters. The molecule has 0 spiro atoms. The van der Waals surface area contributed by atoms with E-state index in [1.54, 1.807) is 0 Å². The summed E-state index contributed by atoms with van der Waals surface area (Å²) >= 11 is 0. The largest absolute Gasteiger partial charge is 0.375 e. The van der Waals surface area contributed by atoms with Gasteiger partial charge in [0.15, 0.2) is 5.79 Å². The van der Waals surface area contributed by atoms with Crippen molar-refractivity contribution in [1.82, 2.24) is 5.32 Å². The van der Waals surface area contributed by atoms with Crippen molar-refractivity contribution in [1.29, 1.82) is 0 Å². The van der Waals surface area contributed by atoms with Crippen LogP contribution in [-0.4, -0.2) is 44.7 Å². The highest BCUT2D eigenvalue weighted by molar-refractivity contribution is 5.77. The molecule has 14 heavy (non-hydrogen) atoms. The van der Waals surface area contributed by atoms with Crippen molar-refractivity contribution >= 4 is 5.91 Å². The second-order valence-corrected chi connectivity index (χ2v) is 3.69. The maximum absolute atomic E-state index is 11.0. The fourth-order valence-electron chi connectivity index (χ4n) is 1.27. The highest BCUT2D eigenvalue weighted by atomic mass is 16.7. The smallest absolute Gasteiger partial charge is 0.246 e. The quantitative estimate of drug-likeness (QED) is 0.693. The third-order valence-corrected chi connectivity index (χ3v) is 1.87. The van der Waals surface area contributed by atoms with Gasteiger partial charge in [0.1, 0.15) is 12.7 Å². The number of carbonyl (C=O) groups is 1. The molecule has 5 nitrogen and oxygen atoms in total. The van der Waals surface area contributed by atoms with Crippen LogP contribution in [0.25, 0.3) is 0 Å². The van der Waals surface area contributed by atoms with Crippen LogP contribution in [0, 0.1) is 0 Å². The van der Waals surface area contributed by atoms with Crippen LogP contribution >= 0.6 is 0 Å². The molecule has 1 N–H and O–H groups in total. The number of ether oxygens (including phenoxy) is 3. The first kappa shape index (κ1) is 11.4. The molecule has 0 bridgehead atoms. The van der Waals surface area contributed by atoms with Gasteiger partial charge in [0, 0.05) is 13.7 Å². The number of hydrogen-bond donors (Lipinski definition) is 1. The van der Waals surface area contributed by atoms with Crippen molar-refractivity contribution in [2.75, 3.05) is 26.9 Å². The molecular formula is C9H17NO4. The molecule has 0 radical (unpaired) electrons. The maximum atomic E-state index is 11.0. The van der Waals surface area contributed by atoms with E-state index < -0.39 is 5.79 Å². The van der Waals surface area contributed by atoms with Crippen LogP contribution < -0.4 is 5.32 Å². The van der Waals surface area contributed by atoms with Crippen LogP contribution in [0.15, 0.2) is 0 Å². The third-order valence-electron chi connectivity index (χ3n) is 1.87. The van der Waals surface area contributed by atoms with E-state index in [0.29, 0.717) is 13.2 Å². The predicted octanol–water partition coefficient (Wildman–Crippen LogP) is -0.0995. The summed E-state index contributed by atoms with van der Waals surface area (Å²) < 4.78 is 15.5. The first-order valence-electron chi connectivity index (χ1n) is 4.61. The molecular weight excluding hydrogens is 186 g/mol. The zero-order chi connectivity index (χ0) is 10.6. The molecule has 1 fully saturated rings. The van der Waals surface area contributed by atoms with E-state index in [1.807, 2.05) is 13.8 Å². The molecule has 1 amide bonds. The highest BCUT2D eigenvalue weighted by Gasteiger charge is 2.32. The van der Waals surface area contributed by atoms with Gasteiger partial charge in [-0.3, -0.25) is 4.79 Å². The van der Waals surface area contributed by atoms with Gasteiger partial charge < -0.3 is 19.5 Å². The second-order valence-electron chi connectivity index (χ2n) is 3.69. The van der Waals surface area contributed by atoms with E-state index in [4.69, 9.17) is 9.47 Å². The van der Waals surface area contributed by atoms with Gasteiger partial charge in [0.2, 0.25) is 5.91 Å². The minimum atomic E-state index is -0.531. The van der Waals surface area contributed by atoms with Crippen LogP contribution in [0.3, 0.4) is 0 Å². The van der Waals surface area contributed by atoms with Crippen LogP contribution in [0.2, 0.25) is 0 Å². The molecule has 0 aliphatic carbocycles. The van der Waals surface area contributed by atoms with E-state index in [9.17, 15) is 4.79 Å². The fraction of sp³-hybridized carbons (Fsp3) is 0.889. The Hall–Kier alpha value is -0.650. The average molecular weight is 203 g/mol. The standard InChI is InChI=1S/C9H17NO4/c1-9(2)13-5-7(14-9)4-10-8(11)6-12-3/h7H,4-6H2,1-3H3,(H,10,11). The number of hydrogen-bond acceptors (Lipinski definition) is 4. The molecule has 0 aromatic rings. The van der Waals surface area contributed by atoms with Gasteiger partial charge in [-0.1, -0.05) is 0 Å². The Labute approximate surface area is 83.7 Å². The number of carbonyl (C=O) groups excluding carboxylic acids is 1. The molecule has 1 heterocycles. The lowest BCUT2D eigenvalue weighted by atomic mass is 10.3. The Morgan fingerprint density at radius 1 is 1.64 bits per heavy atom. The lowest BCUT2D eigenvalue weighted by Gasteiger charge is -2.17. The maximum Gasteiger partial charge on any atom is 0.246 e. The molecule has 0 saturated carbocycles. The molecule has 5 heteroatoms. The first-order chi connectivity index (χ1) is 6.53. The summed E-state index contributed by atoms with van der Waals surface area (Å²) in [6.07, 6.45) is -0.0641. The van der Waals surface area contributed by atoms with E-state index >= 15 is 0 Å². The molecule has 1 aliphatic rings. The average Bonchev–Trinajstić information content (AvgIpc) is 2.43. The van der Waals surface area contributed by atoms with Gasteiger partial charge in [-0.15, -0.1) is 0 Å². The van der Waals surface area contributed by atoms with Gasteiger partial charge in [0.25, 0.3) is 0 Å². The highest BCUT2D eigenvalue weighted by Crippen LogP contribution is 2.21. The Balaban J connectivity index is 2.17. The predicted molar refractivity (Wildman–Crippen MR) is 49.8 cm³/mol. The van der Waals surface area contributed by atoms with Crippen molar-refractivity contribution in [2.24, 2.45) is 0 Å². The Kier molecular flexibility index (Phi) is 3.86. The van der Waals surface area contributed by atoms with Crippen molar-refractivity contribution in [2.45, 2.75) is 25.7 Å². The minimum Gasteiger partial charge on any atom is -0.375 e. The van der Waals surface area contributed by atoms with Crippen molar-refractivity contribution in [3.05, 3.63) is 0 Å². The summed E-state index contributed by atoms with van der Waals surface area (Å²) in [7, 11) is 1.48. The first-order valence-corrected chi connectivity index (χ1v) is 4.61. The molecule has 1 rings (SSSR count). The molecule has 1 atom stereocenters. The summed E-state index contributed by atoms with van der Waals surface area (Å²) in [5, 5.41) is 2.69. The van der Waals surface area contributed by atoms with Crippen molar-refractivity contribution < 1.29 is 19.0 Å². The fourth-order valence-corrected chi connectivity index (χ4v) is 1.27. The normalized spacial score (nSPS) is 24.9. The van der Waals surface area contributed by atoms with Gasteiger partial charge in [-0.25, -0.2) is 0 Å². The summed E-state index contributed by atoms with van der Waals surface area (Å²) in [6, 6.07) is 0. The third kappa shape index (κ3) is 3.61. The van der Waals surface area contributed by atoms with Crippen LogP contribution in [0.5, 0.6) is 0 Å². The van der Waals surface area contributed by atoms with E-state index in [-0.39, 0.29) is 18.6 Å². The molecule has 82 valence electrons. The number of rotatable bonds is 4. The topological polar surface area (TPSA) is 56.8 Å². The summed E-state index contributed by atoms with van der Waals surface area (Å²) in [5.41, 5.74) is 0. The zero-order valence-electron chi connectivity index (χ0n) is 8.83. The van der Waals surface area contributed by atoms with Gasteiger partial charge >= 0.3 is 0 Å². The number of nitrogens with one attached hydrogen (secondary N) is 1. The molecule has 1 saturated heterocycles. The number of methoxy groups -OCH3 is 1. The summed E-state index contributed by atoms with van der Waals surface area (Å²) in [6.45, 7) is 4.76. The van der Waals surface area contributed by atoms with Gasteiger partial charge in [0.05, 0.1) is 6.61 Å². The summed E-state index contributed by atoms with van der Waals surface area (Å²) in [4.78, 5) is 11.0. The molecule has 1 aliphatic heterocycles. The molecule has 0 aromatic heterocycles. The Morgan fingerprint density at radius 3 is 2.86 bits per heavy atom. The SMILES string of the molecule is COCC(=O)NCC1COC(C)(C)O1. The van der Waals surface area contributed by atoms with Crippen LogP contribution in [0.1, 0.15) is 13.8 Å². The Bertz CT molecular complexity index is 205. The molecule has 0 aromatic carbocycles. The van der Waals surface area contributed by atoms with E-state index in [1.165, 1.54) is 7.11 Å². The minimum absolute atomic E-state index is 0.0641. The van der Waals surface area contributed by atoms with E-state index in [0.717, 1.165) is 0 Å². The summed E-state index contributed by atoms with van der Waals surface area (Å²) in [5.74, 6) is -0.669. The van der Waals surface area contributed by atoms with Gasteiger partial charge in [-0.05, 0) is 13.8 Å². The van der Waals surface area contributed by atoms with E-state index in [2.05, 4.69) is 10.1 Å². The zero-order valence-corrected chi connectivity index (χ0v) is 8.83. The van der Waals surface area contributed by atoms with Gasteiger partial charge in [-0.2, -0.15) is 0 Å². The van der Waals surface area contributed by atoms with Crippen LogP contribution in [0.4, 0.5) is 0 Å².